The molecule has 0 spiro atoms. The van der Waals surface area contributed by atoms with Gasteiger partial charge in [0.2, 0.25) is 0 Å². The van der Waals surface area contributed by atoms with Gasteiger partial charge in [0, 0.05) is 44.3 Å². The second kappa shape index (κ2) is 8.06. The van der Waals surface area contributed by atoms with Crippen LogP contribution in [0.3, 0.4) is 0 Å². The first-order valence-corrected chi connectivity index (χ1v) is 11.9. The summed E-state index contributed by atoms with van der Waals surface area (Å²) < 4.78 is 14.4. The summed E-state index contributed by atoms with van der Waals surface area (Å²) in [4.78, 5) is 31.0. The lowest BCUT2D eigenvalue weighted by molar-refractivity contribution is -0.0828. The minimum Gasteiger partial charge on any atom is -0.381 e. The van der Waals surface area contributed by atoms with E-state index in [1.807, 2.05) is 19.2 Å². The number of carbonyl (C=O) groups excluding carboxylic acids is 1. The van der Waals surface area contributed by atoms with Gasteiger partial charge < -0.3 is 30.0 Å². The topological polar surface area (TPSA) is 124 Å². The molecule has 2 aliphatic carbocycles. The number of nitrogens with zero attached hydrogens (tertiary/aromatic N) is 4. The highest BCUT2D eigenvalue weighted by Crippen LogP contribution is 2.53. The number of methoxy groups -OCH3 is 1. The molecule has 3 fully saturated rings. The minimum absolute atomic E-state index is 0.0740. The lowest BCUT2D eigenvalue weighted by Gasteiger charge is -2.45. The normalized spacial score (nSPS) is 28.9. The van der Waals surface area contributed by atoms with Crippen LogP contribution in [0.1, 0.15) is 36.2 Å². The van der Waals surface area contributed by atoms with Gasteiger partial charge in [-0.3, -0.25) is 9.59 Å². The molecule has 35 heavy (non-hydrogen) atoms. The van der Waals surface area contributed by atoms with Gasteiger partial charge in [-0.1, -0.05) is 0 Å². The van der Waals surface area contributed by atoms with Crippen molar-refractivity contribution in [1.29, 1.82) is 0 Å². The van der Waals surface area contributed by atoms with Crippen molar-refractivity contribution in [3.63, 3.8) is 0 Å². The highest BCUT2D eigenvalue weighted by Gasteiger charge is 2.55. The molecule has 1 saturated heterocycles. The third kappa shape index (κ3) is 3.49. The number of ether oxygens (including phenoxy) is 2. The molecule has 2 saturated carbocycles. The van der Waals surface area contributed by atoms with E-state index in [4.69, 9.17) is 9.47 Å². The fourth-order valence-corrected chi connectivity index (χ4v) is 5.37. The van der Waals surface area contributed by atoms with E-state index in [9.17, 15) is 9.59 Å². The van der Waals surface area contributed by atoms with E-state index in [0.29, 0.717) is 53.6 Å². The molecular weight excluding hydrogens is 450 g/mol. The Bertz CT molecular complexity index is 1350. The van der Waals surface area contributed by atoms with E-state index in [1.54, 1.807) is 35.4 Å². The second-order valence-corrected chi connectivity index (χ2v) is 9.77. The summed E-state index contributed by atoms with van der Waals surface area (Å²) in [5.41, 5.74) is 0.698. The largest absolute Gasteiger partial charge is 0.381 e. The van der Waals surface area contributed by atoms with E-state index < -0.39 is 0 Å². The van der Waals surface area contributed by atoms with Crippen molar-refractivity contribution in [3.8, 4) is 0 Å². The Morgan fingerprint density at radius 1 is 1.31 bits per heavy atom. The summed E-state index contributed by atoms with van der Waals surface area (Å²) >= 11 is 0. The highest BCUT2D eigenvalue weighted by atomic mass is 16.5. The van der Waals surface area contributed by atoms with Gasteiger partial charge >= 0.3 is 0 Å². The standard InChI is InChI=1S/C24H29N7O4/c1-24(34-3)7-6-17(24)28-22(32)13-10-26-31-19(25-2)9-18(29-21(13)31)27-16-5-4-8-30(23(16)33)20-14-11-35-12-15(14)20/h4-5,8-10,14-15,17,20,25H,6-7,11-12H2,1-3H3,(H,27,29)(H,28,32)/t14-,15+,17-,20?,24-/m1/s1. The number of carbonyl (C=O) groups is 1. The number of amides is 1. The zero-order valence-electron chi connectivity index (χ0n) is 19.9. The van der Waals surface area contributed by atoms with E-state index in [1.165, 1.54) is 6.20 Å². The van der Waals surface area contributed by atoms with Crippen LogP contribution in [0, 0.1) is 11.8 Å². The average molecular weight is 480 g/mol. The van der Waals surface area contributed by atoms with Crippen LogP contribution in [-0.4, -0.2) is 64.1 Å². The maximum Gasteiger partial charge on any atom is 0.274 e. The predicted molar refractivity (Wildman–Crippen MR) is 129 cm³/mol. The molecule has 184 valence electrons. The Morgan fingerprint density at radius 3 is 2.80 bits per heavy atom. The van der Waals surface area contributed by atoms with Gasteiger partial charge in [-0.15, -0.1) is 0 Å². The molecule has 3 aliphatic rings. The zero-order valence-corrected chi connectivity index (χ0v) is 19.9. The third-order valence-corrected chi connectivity index (χ3v) is 7.88. The van der Waals surface area contributed by atoms with Crippen molar-refractivity contribution in [2.24, 2.45) is 11.8 Å². The summed E-state index contributed by atoms with van der Waals surface area (Å²) in [6.45, 7) is 3.41. The molecule has 11 heteroatoms. The van der Waals surface area contributed by atoms with Crippen molar-refractivity contribution in [2.45, 2.75) is 37.5 Å². The molecular formula is C24H29N7O4. The molecule has 3 aromatic rings. The summed E-state index contributed by atoms with van der Waals surface area (Å²) in [6, 6.07) is 5.47. The van der Waals surface area contributed by atoms with Crippen LogP contribution in [0.4, 0.5) is 17.3 Å². The quantitative estimate of drug-likeness (QED) is 0.469. The summed E-state index contributed by atoms with van der Waals surface area (Å²) in [7, 11) is 3.43. The highest BCUT2D eigenvalue weighted by molar-refractivity contribution is 6.00. The first-order valence-electron chi connectivity index (χ1n) is 11.9. The molecule has 3 N–H and O–H groups in total. The molecule has 11 nitrogen and oxygen atoms in total. The van der Waals surface area contributed by atoms with Gasteiger partial charge in [0.1, 0.15) is 22.9 Å². The van der Waals surface area contributed by atoms with Crippen molar-refractivity contribution in [1.82, 2.24) is 24.5 Å². The number of aromatic nitrogens is 4. The van der Waals surface area contributed by atoms with Crippen LogP contribution in [0.25, 0.3) is 5.65 Å². The molecule has 0 bridgehead atoms. The molecule has 3 aromatic heterocycles. The summed E-state index contributed by atoms with van der Waals surface area (Å²) in [5.74, 6) is 1.64. The van der Waals surface area contributed by atoms with Gasteiger partial charge in [-0.25, -0.2) is 4.98 Å². The van der Waals surface area contributed by atoms with Gasteiger partial charge in [0.05, 0.1) is 31.1 Å². The van der Waals surface area contributed by atoms with Crippen LogP contribution >= 0.6 is 0 Å². The van der Waals surface area contributed by atoms with Gasteiger partial charge in [0.25, 0.3) is 11.5 Å². The smallest absolute Gasteiger partial charge is 0.274 e. The first kappa shape index (κ1) is 22.1. The van der Waals surface area contributed by atoms with Crippen molar-refractivity contribution < 1.29 is 14.3 Å². The Labute approximate surface area is 201 Å². The maximum atomic E-state index is 13.2. The van der Waals surface area contributed by atoms with Gasteiger partial charge in [0.15, 0.2) is 5.65 Å². The van der Waals surface area contributed by atoms with Crippen LogP contribution in [0.2, 0.25) is 0 Å². The fraction of sp³-hybridized carbons (Fsp3) is 0.500. The SMILES string of the molecule is CNc1cc(Nc2cccn(C3[C@H]4COC[C@@H]34)c2=O)nc2c(C(=O)N[C@@H]3CC[C@@]3(C)OC)cnn12. The Kier molecular flexibility index (Phi) is 5.08. The van der Waals surface area contributed by atoms with E-state index in [0.717, 1.165) is 12.8 Å². The van der Waals surface area contributed by atoms with Crippen molar-refractivity contribution >= 4 is 28.9 Å². The molecule has 0 radical (unpaired) electrons. The lowest BCUT2D eigenvalue weighted by atomic mass is 9.76. The molecule has 5 atom stereocenters. The van der Waals surface area contributed by atoms with Gasteiger partial charge in [-0.05, 0) is 31.9 Å². The number of hydrogen-bond donors (Lipinski definition) is 3. The van der Waals surface area contributed by atoms with Crippen LogP contribution in [0.15, 0.2) is 35.4 Å². The first-order chi connectivity index (χ1) is 16.9. The monoisotopic (exact) mass is 479 g/mol. The zero-order chi connectivity index (χ0) is 24.3. The Balaban J connectivity index is 1.30. The predicted octanol–water partition coefficient (Wildman–Crippen LogP) is 1.79. The van der Waals surface area contributed by atoms with Crippen molar-refractivity contribution in [3.05, 3.63) is 46.5 Å². The van der Waals surface area contributed by atoms with Crippen molar-refractivity contribution in [2.75, 3.05) is 38.0 Å². The summed E-state index contributed by atoms with van der Waals surface area (Å²) in [5, 5.41) is 13.7. The molecule has 4 heterocycles. The van der Waals surface area contributed by atoms with Crippen LogP contribution in [0.5, 0.6) is 0 Å². The number of pyridine rings is 1. The Hall–Kier alpha value is -3.44. The number of nitrogens with one attached hydrogen (secondary N) is 3. The lowest BCUT2D eigenvalue weighted by Crippen LogP contribution is -2.59. The van der Waals surface area contributed by atoms with E-state index in [2.05, 4.69) is 26.0 Å². The minimum atomic E-state index is -0.367. The molecule has 1 unspecified atom stereocenters. The molecule has 0 aromatic carbocycles. The van der Waals surface area contributed by atoms with Crippen LogP contribution < -0.4 is 21.5 Å². The van der Waals surface area contributed by atoms with Gasteiger partial charge in [-0.2, -0.15) is 9.61 Å². The molecule has 1 aliphatic heterocycles. The number of anilines is 3. The number of rotatable bonds is 7. The summed E-state index contributed by atoms with van der Waals surface area (Å²) in [6.07, 6.45) is 5.09. The van der Waals surface area contributed by atoms with E-state index >= 15 is 0 Å². The van der Waals surface area contributed by atoms with E-state index in [-0.39, 0.29) is 29.2 Å². The average Bonchev–Trinajstić information content (AvgIpc) is 3.17. The third-order valence-electron chi connectivity index (χ3n) is 7.88. The number of fused-ring (bicyclic) bond motifs is 2. The number of hydrogen-bond acceptors (Lipinski definition) is 8. The molecule has 6 rings (SSSR count). The molecule has 1 amide bonds. The Morgan fingerprint density at radius 2 is 2.11 bits per heavy atom. The fourth-order valence-electron chi connectivity index (χ4n) is 5.37. The van der Waals surface area contributed by atoms with Crippen LogP contribution in [-0.2, 0) is 9.47 Å². The second-order valence-electron chi connectivity index (χ2n) is 9.77. The maximum absolute atomic E-state index is 13.2.